The molecule has 10 heteroatoms. The highest BCUT2D eigenvalue weighted by molar-refractivity contribution is 9.10. The van der Waals surface area contributed by atoms with E-state index in [2.05, 4.69) is 15.9 Å². The van der Waals surface area contributed by atoms with Crippen molar-refractivity contribution < 1.29 is 22.8 Å². The highest BCUT2D eigenvalue weighted by atomic mass is 79.9. The van der Waals surface area contributed by atoms with Crippen LogP contribution in [0.1, 0.15) is 15.9 Å². The summed E-state index contributed by atoms with van der Waals surface area (Å²) in [5.74, 6) is -0.731. The number of carbonyl (C=O) groups excluding carboxylic acids is 1. The predicted molar refractivity (Wildman–Crippen MR) is 102 cm³/mol. The quantitative estimate of drug-likeness (QED) is 0.453. The van der Waals surface area contributed by atoms with Crippen molar-refractivity contribution in [2.24, 2.45) is 0 Å². The summed E-state index contributed by atoms with van der Waals surface area (Å²) in [6.07, 6.45) is 0. The summed E-state index contributed by atoms with van der Waals surface area (Å²) >= 11 is 15.3. The van der Waals surface area contributed by atoms with Gasteiger partial charge in [0.15, 0.2) is 0 Å². The minimum atomic E-state index is -3.90. The van der Waals surface area contributed by atoms with Crippen molar-refractivity contribution in [2.75, 3.05) is 14.2 Å². The molecule has 0 aliphatic heterocycles. The Kier molecular flexibility index (Phi) is 7.06. The molecule has 0 amide bonds. The lowest BCUT2D eigenvalue weighted by atomic mass is 10.2. The molecular weight excluding hydrogens is 469 g/mol. The number of nitrogens with zero attached hydrogens (tertiary/aromatic N) is 1. The van der Waals surface area contributed by atoms with Gasteiger partial charge in [0.2, 0.25) is 0 Å². The number of hydrogen-bond donors (Lipinski definition) is 0. The topological polar surface area (TPSA) is 72.9 Å². The van der Waals surface area contributed by atoms with Crippen LogP contribution in [0.2, 0.25) is 10.0 Å². The van der Waals surface area contributed by atoms with Gasteiger partial charge in [-0.15, -0.1) is 0 Å². The molecule has 6 nitrogen and oxygen atoms in total. The van der Waals surface area contributed by atoms with Gasteiger partial charge in [0.1, 0.15) is 6.61 Å². The van der Waals surface area contributed by atoms with E-state index in [1.54, 1.807) is 18.2 Å². The van der Waals surface area contributed by atoms with Crippen molar-refractivity contribution in [3.05, 3.63) is 62.0 Å². The highest BCUT2D eigenvalue weighted by Gasteiger charge is 2.24. The van der Waals surface area contributed by atoms with Gasteiger partial charge in [0, 0.05) is 27.1 Å². The number of ether oxygens (including phenoxy) is 1. The first-order chi connectivity index (χ1) is 12.2. The Morgan fingerprint density at radius 3 is 2.38 bits per heavy atom. The molecule has 2 aromatic carbocycles. The van der Waals surface area contributed by atoms with Gasteiger partial charge in [0.25, 0.3) is 10.0 Å². The molecule has 2 rings (SSSR count). The maximum absolute atomic E-state index is 12.4. The third kappa shape index (κ3) is 4.57. The molecule has 0 aromatic heterocycles. The van der Waals surface area contributed by atoms with Crippen molar-refractivity contribution in [1.29, 1.82) is 0 Å². The Morgan fingerprint density at radius 1 is 1.19 bits per heavy atom. The second kappa shape index (κ2) is 8.69. The molecule has 26 heavy (non-hydrogen) atoms. The Hall–Kier alpha value is -1.16. The van der Waals surface area contributed by atoms with Gasteiger partial charge in [-0.25, -0.2) is 13.2 Å². The number of esters is 1. The van der Waals surface area contributed by atoms with Gasteiger partial charge in [-0.2, -0.15) is 0 Å². The van der Waals surface area contributed by atoms with Gasteiger partial charge in [0.05, 0.1) is 17.6 Å². The van der Waals surface area contributed by atoms with Gasteiger partial charge < -0.3 is 4.74 Å². The molecule has 0 atom stereocenters. The molecule has 0 aliphatic carbocycles. The third-order valence-corrected chi connectivity index (χ3v) is 6.54. The van der Waals surface area contributed by atoms with Crippen LogP contribution in [0.4, 0.5) is 0 Å². The van der Waals surface area contributed by atoms with Crippen LogP contribution < -0.4 is 0 Å². The van der Waals surface area contributed by atoms with Crippen molar-refractivity contribution >= 4 is 55.1 Å². The zero-order valence-corrected chi connectivity index (χ0v) is 17.6. The van der Waals surface area contributed by atoms with Gasteiger partial charge in [-0.1, -0.05) is 33.7 Å². The standard InChI is InChI=1S/C16H14BrCl2NO5S/c1-20(24-2)26(22,23)10-6-7-13(17)11(8-10)16(21)25-9-12-14(18)4-3-5-15(12)19/h3-8H,9H2,1-2H3. The molecule has 140 valence electrons. The second-order valence-corrected chi connectivity index (χ2v) is 8.62. The molecule has 0 bridgehead atoms. The number of benzene rings is 2. The summed E-state index contributed by atoms with van der Waals surface area (Å²) < 4.78 is 30.9. The predicted octanol–water partition coefficient (Wildman–Crippen LogP) is 4.29. The summed E-state index contributed by atoms with van der Waals surface area (Å²) in [6.45, 7) is -0.154. The first-order valence-corrected chi connectivity index (χ1v) is 10.1. The van der Waals surface area contributed by atoms with Crippen LogP contribution >= 0.6 is 39.1 Å². The minimum absolute atomic E-state index is 0.0405. The Labute approximate surface area is 169 Å². The normalized spacial score (nSPS) is 11.6. The molecule has 0 unspecified atom stereocenters. The molecule has 0 saturated carbocycles. The van der Waals surface area contributed by atoms with E-state index in [0.29, 0.717) is 24.5 Å². The van der Waals surface area contributed by atoms with Gasteiger partial charge in [-0.3, -0.25) is 4.84 Å². The maximum atomic E-state index is 12.4. The van der Waals surface area contributed by atoms with E-state index < -0.39 is 16.0 Å². The van der Waals surface area contributed by atoms with E-state index in [1.807, 2.05) is 0 Å². The second-order valence-electron chi connectivity index (χ2n) is 5.02. The third-order valence-electron chi connectivity index (χ3n) is 3.46. The zero-order valence-electron chi connectivity index (χ0n) is 13.7. The van der Waals surface area contributed by atoms with Gasteiger partial charge in [-0.05, 0) is 46.3 Å². The molecule has 0 heterocycles. The molecule has 0 spiro atoms. The minimum Gasteiger partial charge on any atom is -0.457 e. The van der Waals surface area contributed by atoms with Crippen molar-refractivity contribution in [3.63, 3.8) is 0 Å². The van der Waals surface area contributed by atoms with Crippen molar-refractivity contribution in [3.8, 4) is 0 Å². The first-order valence-electron chi connectivity index (χ1n) is 7.11. The number of sulfonamides is 1. The molecule has 2 aromatic rings. The lowest BCUT2D eigenvalue weighted by Gasteiger charge is -2.15. The van der Waals surface area contributed by atoms with E-state index in [-0.39, 0.29) is 17.1 Å². The van der Waals surface area contributed by atoms with E-state index in [0.717, 1.165) is 0 Å². The average molecular weight is 483 g/mol. The number of carbonyl (C=O) groups is 1. The lowest BCUT2D eigenvalue weighted by molar-refractivity contribution is -0.0258. The Bertz CT molecular complexity index is 916. The summed E-state index contributed by atoms with van der Waals surface area (Å²) in [4.78, 5) is 17.0. The maximum Gasteiger partial charge on any atom is 0.339 e. The smallest absolute Gasteiger partial charge is 0.339 e. The molecular formula is C16H14BrCl2NO5S. The van der Waals surface area contributed by atoms with E-state index in [9.17, 15) is 13.2 Å². The first kappa shape index (κ1) is 21.1. The van der Waals surface area contributed by atoms with E-state index >= 15 is 0 Å². The van der Waals surface area contributed by atoms with Crippen molar-refractivity contribution in [1.82, 2.24) is 4.47 Å². The van der Waals surface area contributed by atoms with Crippen LogP contribution in [-0.2, 0) is 26.2 Å². The van der Waals surface area contributed by atoms with Crippen LogP contribution in [0.25, 0.3) is 0 Å². The largest absolute Gasteiger partial charge is 0.457 e. The molecule has 0 radical (unpaired) electrons. The summed E-state index contributed by atoms with van der Waals surface area (Å²) in [7, 11) is -1.44. The van der Waals surface area contributed by atoms with Crippen LogP contribution in [0.3, 0.4) is 0 Å². The Balaban J connectivity index is 2.28. The molecule has 0 aliphatic rings. The van der Waals surface area contributed by atoms with E-state index in [4.69, 9.17) is 32.8 Å². The highest BCUT2D eigenvalue weighted by Crippen LogP contribution is 2.27. The number of halogens is 3. The summed E-state index contributed by atoms with van der Waals surface area (Å²) in [5.41, 5.74) is 0.502. The number of hydroxylamine groups is 1. The van der Waals surface area contributed by atoms with Gasteiger partial charge >= 0.3 is 5.97 Å². The monoisotopic (exact) mass is 481 g/mol. The summed E-state index contributed by atoms with van der Waals surface area (Å²) in [6, 6.07) is 8.91. The zero-order chi connectivity index (χ0) is 19.5. The average Bonchev–Trinajstić information content (AvgIpc) is 2.60. The van der Waals surface area contributed by atoms with Crippen LogP contribution in [-0.4, -0.2) is 33.0 Å². The molecule has 0 saturated heterocycles. The fourth-order valence-electron chi connectivity index (χ4n) is 1.95. The fraction of sp³-hybridized carbons (Fsp3) is 0.188. The van der Waals surface area contributed by atoms with Crippen LogP contribution in [0.5, 0.6) is 0 Å². The molecule has 0 N–H and O–H groups in total. The number of hydrogen-bond acceptors (Lipinski definition) is 5. The summed E-state index contributed by atoms with van der Waals surface area (Å²) in [5, 5.41) is 0.727. The SMILES string of the molecule is CON(C)S(=O)(=O)c1ccc(Br)c(C(=O)OCc2c(Cl)cccc2Cl)c1. The lowest BCUT2D eigenvalue weighted by Crippen LogP contribution is -2.26. The fourth-order valence-corrected chi connectivity index (χ4v) is 3.87. The van der Waals surface area contributed by atoms with Crippen LogP contribution in [0, 0.1) is 0 Å². The van der Waals surface area contributed by atoms with Crippen molar-refractivity contribution in [2.45, 2.75) is 11.5 Å². The number of rotatable bonds is 6. The van der Waals surface area contributed by atoms with E-state index in [1.165, 1.54) is 32.4 Å². The molecule has 0 fully saturated rings. The Morgan fingerprint density at radius 2 is 1.81 bits per heavy atom. The van der Waals surface area contributed by atoms with Crippen LogP contribution in [0.15, 0.2) is 45.8 Å².